The Morgan fingerprint density at radius 2 is 1.85 bits per heavy atom. The first-order valence-corrected chi connectivity index (χ1v) is 13.9. The lowest BCUT2D eigenvalue weighted by molar-refractivity contribution is -0.133. The summed E-state index contributed by atoms with van der Waals surface area (Å²) >= 11 is 0. The van der Waals surface area contributed by atoms with Gasteiger partial charge in [-0.2, -0.15) is 5.10 Å². The first-order chi connectivity index (χ1) is 19.4. The van der Waals surface area contributed by atoms with Crippen LogP contribution in [-0.4, -0.2) is 81.6 Å². The first-order valence-electron chi connectivity index (χ1n) is 13.9. The first kappa shape index (κ1) is 27.4. The highest BCUT2D eigenvalue weighted by Gasteiger charge is 2.37. The molecule has 3 amide bonds. The van der Waals surface area contributed by atoms with E-state index in [9.17, 15) is 14.4 Å². The zero-order chi connectivity index (χ0) is 28.0. The van der Waals surface area contributed by atoms with Crippen LogP contribution in [0.1, 0.15) is 58.5 Å². The zero-order valence-corrected chi connectivity index (χ0v) is 22.9. The molecule has 0 radical (unpaired) electrons. The number of carbonyl (C=O) groups excluding carboxylic acids is 3. The Hall–Kier alpha value is -4.15. The smallest absolute Gasteiger partial charge is 0.275 e. The lowest BCUT2D eigenvalue weighted by Crippen LogP contribution is -2.49. The van der Waals surface area contributed by atoms with E-state index in [1.165, 1.54) is 12.7 Å². The maximum atomic E-state index is 13.2. The molecule has 1 N–H and O–H groups in total. The number of amides is 3. The van der Waals surface area contributed by atoms with Gasteiger partial charge in [0.25, 0.3) is 11.8 Å². The van der Waals surface area contributed by atoms with Gasteiger partial charge in [0.1, 0.15) is 12.0 Å². The summed E-state index contributed by atoms with van der Waals surface area (Å²) < 4.78 is 12.7. The molecule has 1 saturated heterocycles. The second-order valence-corrected chi connectivity index (χ2v) is 10.7. The molecule has 5 rings (SSSR count). The molecule has 11 heteroatoms. The Balaban J connectivity index is 1.30. The van der Waals surface area contributed by atoms with Crippen molar-refractivity contribution in [2.75, 3.05) is 39.3 Å². The molecule has 0 saturated carbocycles. The second kappa shape index (κ2) is 12.4. The molecule has 40 heavy (non-hydrogen) atoms. The lowest BCUT2D eigenvalue weighted by atomic mass is 9.75. The molecule has 4 heterocycles. The average Bonchev–Trinajstić information content (AvgIpc) is 3.66. The van der Waals surface area contributed by atoms with E-state index in [0.29, 0.717) is 76.3 Å². The maximum Gasteiger partial charge on any atom is 0.275 e. The van der Waals surface area contributed by atoms with Crippen molar-refractivity contribution < 1.29 is 23.5 Å². The number of carbonyl (C=O) groups is 3. The number of fused-ring (bicyclic) bond motifs is 1. The van der Waals surface area contributed by atoms with Gasteiger partial charge in [-0.05, 0) is 55.2 Å². The molecule has 0 unspecified atom stereocenters. The quantitative estimate of drug-likeness (QED) is 0.532. The Bertz CT molecular complexity index is 1310. The number of piperidine rings is 1. The van der Waals surface area contributed by atoms with Crippen LogP contribution in [0.2, 0.25) is 0 Å². The zero-order valence-electron chi connectivity index (χ0n) is 22.9. The number of oxazole rings is 1. The molecule has 0 aliphatic carbocycles. The summed E-state index contributed by atoms with van der Waals surface area (Å²) in [6.45, 7) is 3.03. The lowest BCUT2D eigenvalue weighted by Gasteiger charge is -2.43. The van der Waals surface area contributed by atoms with Crippen LogP contribution in [0.5, 0.6) is 5.75 Å². The number of aryl methyl sites for hydroxylation is 2. The van der Waals surface area contributed by atoms with Crippen molar-refractivity contribution in [1.29, 1.82) is 0 Å². The summed E-state index contributed by atoms with van der Waals surface area (Å²) in [6.07, 6.45) is 10.2. The van der Waals surface area contributed by atoms with Crippen LogP contribution in [0.3, 0.4) is 0 Å². The molecule has 212 valence electrons. The Morgan fingerprint density at radius 1 is 1.07 bits per heavy atom. The normalized spacial score (nSPS) is 18.1. The number of likely N-dealkylation sites (tertiary alicyclic amines) is 1. The molecule has 1 fully saturated rings. The van der Waals surface area contributed by atoms with Crippen LogP contribution in [0.15, 0.2) is 53.7 Å². The standard InChI is InChI=1S/C29H36N6O5/c1-33-18-22(17-32-33)7-8-26(36)34-13-9-29(10-14-34)11-15-35(28(38)24-19-39-21-31-24)12-4-16-40-25-6-3-2-5-23(25)27(37)30-20-29/h2-3,5-6,17-19,21H,4,7-16,20H2,1H3,(H,30,37). The summed E-state index contributed by atoms with van der Waals surface area (Å²) in [5.74, 6) is 0.281. The number of nitrogens with one attached hydrogen (secondary N) is 1. The third-order valence-electron chi connectivity index (χ3n) is 8.00. The van der Waals surface area contributed by atoms with Gasteiger partial charge in [-0.1, -0.05) is 12.1 Å². The van der Waals surface area contributed by atoms with Crippen LogP contribution < -0.4 is 10.1 Å². The molecule has 11 nitrogen and oxygen atoms in total. The second-order valence-electron chi connectivity index (χ2n) is 10.7. The SMILES string of the molecule is Cn1cc(CCC(=O)N2CCC3(CC2)CCN(C(=O)c2cocn2)CCCOc2ccccc2C(=O)NC3)cn1. The number of benzene rings is 1. The minimum Gasteiger partial charge on any atom is -0.493 e. The number of para-hydroxylation sites is 1. The predicted molar refractivity (Wildman–Crippen MR) is 146 cm³/mol. The van der Waals surface area contributed by atoms with Gasteiger partial charge in [0.2, 0.25) is 5.91 Å². The summed E-state index contributed by atoms with van der Waals surface area (Å²) in [5, 5.41) is 7.32. The number of nitrogens with zero attached hydrogens (tertiary/aromatic N) is 5. The van der Waals surface area contributed by atoms with Gasteiger partial charge in [-0.15, -0.1) is 0 Å². The number of ether oxygens (including phenoxy) is 1. The van der Waals surface area contributed by atoms with Gasteiger partial charge >= 0.3 is 0 Å². The number of aromatic nitrogens is 3. The maximum absolute atomic E-state index is 13.2. The van der Waals surface area contributed by atoms with Crippen LogP contribution in [0, 0.1) is 5.41 Å². The fourth-order valence-electron chi connectivity index (χ4n) is 5.50. The van der Waals surface area contributed by atoms with E-state index >= 15 is 0 Å². The molecule has 2 aliphatic heterocycles. The molecule has 0 bridgehead atoms. The third-order valence-corrected chi connectivity index (χ3v) is 8.00. The number of hydrogen-bond acceptors (Lipinski definition) is 7. The highest BCUT2D eigenvalue weighted by molar-refractivity contribution is 5.97. The van der Waals surface area contributed by atoms with E-state index in [2.05, 4.69) is 15.4 Å². The van der Waals surface area contributed by atoms with Crippen molar-refractivity contribution in [1.82, 2.24) is 29.9 Å². The molecule has 2 aliphatic rings. The van der Waals surface area contributed by atoms with Crippen LogP contribution >= 0.6 is 0 Å². The fourth-order valence-corrected chi connectivity index (χ4v) is 5.50. The number of hydrogen-bond donors (Lipinski definition) is 1. The van der Waals surface area contributed by atoms with E-state index in [1.54, 1.807) is 27.9 Å². The van der Waals surface area contributed by atoms with Crippen molar-refractivity contribution in [2.45, 2.75) is 38.5 Å². The summed E-state index contributed by atoms with van der Waals surface area (Å²) in [4.78, 5) is 47.2. The largest absolute Gasteiger partial charge is 0.493 e. The Labute approximate surface area is 233 Å². The van der Waals surface area contributed by atoms with Gasteiger partial charge in [-0.3, -0.25) is 19.1 Å². The topological polar surface area (TPSA) is 123 Å². The minimum absolute atomic E-state index is 0.126. The summed E-state index contributed by atoms with van der Waals surface area (Å²) in [5.41, 5.74) is 1.55. The van der Waals surface area contributed by atoms with E-state index < -0.39 is 0 Å². The van der Waals surface area contributed by atoms with Crippen molar-refractivity contribution in [3.05, 3.63) is 66.1 Å². The molecule has 1 aromatic carbocycles. The van der Waals surface area contributed by atoms with Gasteiger partial charge in [0.05, 0.1) is 18.4 Å². The third kappa shape index (κ3) is 6.52. The van der Waals surface area contributed by atoms with Crippen molar-refractivity contribution in [3.63, 3.8) is 0 Å². The Kier molecular flexibility index (Phi) is 8.47. The average molecular weight is 549 g/mol. The molecular formula is C29H36N6O5. The van der Waals surface area contributed by atoms with E-state index in [1.807, 2.05) is 30.3 Å². The van der Waals surface area contributed by atoms with Gasteiger partial charge in [0, 0.05) is 52.4 Å². The molecule has 3 aromatic rings. The van der Waals surface area contributed by atoms with Crippen LogP contribution in [-0.2, 0) is 18.3 Å². The summed E-state index contributed by atoms with van der Waals surface area (Å²) in [6, 6.07) is 7.22. The molecule has 0 atom stereocenters. The van der Waals surface area contributed by atoms with E-state index in [-0.39, 0.29) is 28.8 Å². The fraction of sp³-hybridized carbons (Fsp3) is 0.483. The minimum atomic E-state index is -0.262. The predicted octanol–water partition coefficient (Wildman–Crippen LogP) is 2.69. The van der Waals surface area contributed by atoms with Gasteiger partial charge in [0.15, 0.2) is 12.1 Å². The van der Waals surface area contributed by atoms with E-state index in [0.717, 1.165) is 18.4 Å². The monoisotopic (exact) mass is 548 g/mol. The van der Waals surface area contributed by atoms with Gasteiger partial charge in [-0.25, -0.2) is 4.98 Å². The van der Waals surface area contributed by atoms with Crippen LogP contribution in [0.25, 0.3) is 0 Å². The molecule has 1 spiro atoms. The van der Waals surface area contributed by atoms with Gasteiger partial charge < -0.3 is 24.3 Å². The van der Waals surface area contributed by atoms with Crippen molar-refractivity contribution >= 4 is 17.7 Å². The van der Waals surface area contributed by atoms with Crippen molar-refractivity contribution in [3.8, 4) is 5.75 Å². The highest BCUT2D eigenvalue weighted by atomic mass is 16.5. The summed E-state index contributed by atoms with van der Waals surface area (Å²) in [7, 11) is 1.87. The van der Waals surface area contributed by atoms with E-state index in [4.69, 9.17) is 9.15 Å². The molecule has 2 aromatic heterocycles. The highest BCUT2D eigenvalue weighted by Crippen LogP contribution is 2.36. The Morgan fingerprint density at radius 3 is 2.58 bits per heavy atom. The van der Waals surface area contributed by atoms with Crippen LogP contribution in [0.4, 0.5) is 0 Å². The molecular weight excluding hydrogens is 512 g/mol. The van der Waals surface area contributed by atoms with Crippen molar-refractivity contribution in [2.24, 2.45) is 12.5 Å². The number of rotatable bonds is 4.